The highest BCUT2D eigenvalue weighted by Gasteiger charge is 2.56. The van der Waals surface area contributed by atoms with Gasteiger partial charge in [-0.15, -0.1) is 0 Å². The number of aryl methyl sites for hydroxylation is 1. The van der Waals surface area contributed by atoms with Crippen LogP contribution in [0.1, 0.15) is 44.1 Å². The molecule has 0 radical (unpaired) electrons. The fourth-order valence-electron chi connectivity index (χ4n) is 7.27. The SMILES string of the molecule is Cc1cc(Cl)cc2sc(N(CCN3CCOCC3)C(=O)C34CC5CC(CC(C5)C3)C4)nc12. The largest absolute Gasteiger partial charge is 0.379 e. The number of halogens is 1. The molecule has 4 aliphatic carbocycles. The molecule has 172 valence electrons. The average molecular weight is 474 g/mol. The smallest absolute Gasteiger partial charge is 0.235 e. The Bertz CT molecular complexity index is 996. The van der Waals surface area contributed by atoms with E-state index < -0.39 is 0 Å². The molecular formula is C25H32ClN3O2S. The van der Waals surface area contributed by atoms with E-state index in [1.807, 2.05) is 12.1 Å². The first-order valence-corrected chi connectivity index (χ1v) is 13.4. The molecule has 1 aliphatic heterocycles. The maximum Gasteiger partial charge on any atom is 0.235 e. The molecule has 5 fully saturated rings. The number of rotatable bonds is 5. The molecule has 5 nitrogen and oxygen atoms in total. The van der Waals surface area contributed by atoms with Crippen LogP contribution in [-0.2, 0) is 9.53 Å². The molecule has 0 unspecified atom stereocenters. The van der Waals surface area contributed by atoms with Gasteiger partial charge in [-0.2, -0.15) is 0 Å². The van der Waals surface area contributed by atoms with Crippen LogP contribution in [0.15, 0.2) is 12.1 Å². The number of benzene rings is 1. The van der Waals surface area contributed by atoms with Gasteiger partial charge in [0.25, 0.3) is 0 Å². The minimum absolute atomic E-state index is 0.162. The standard InChI is InChI=1S/C25H32ClN3O2S/c1-16-8-20(26)12-21-22(16)27-24(32-21)29(3-2-28-4-6-31-7-5-28)23(30)25-13-17-9-18(14-25)11-19(10-17)15-25/h8,12,17-19H,2-7,9-11,13-15H2,1H3. The molecule has 2 aromatic rings. The number of morpholine rings is 1. The van der Waals surface area contributed by atoms with E-state index in [4.69, 9.17) is 21.3 Å². The second kappa shape index (κ2) is 8.23. The lowest BCUT2D eigenvalue weighted by Crippen LogP contribution is -2.56. The highest BCUT2D eigenvalue weighted by atomic mass is 35.5. The van der Waals surface area contributed by atoms with Crippen LogP contribution in [-0.4, -0.2) is 55.2 Å². The van der Waals surface area contributed by atoms with Gasteiger partial charge in [-0.3, -0.25) is 14.6 Å². The number of carbonyl (C=O) groups is 1. The van der Waals surface area contributed by atoms with Gasteiger partial charge in [0.2, 0.25) is 5.91 Å². The number of amides is 1. The topological polar surface area (TPSA) is 45.7 Å². The minimum atomic E-state index is -0.162. The molecule has 32 heavy (non-hydrogen) atoms. The Morgan fingerprint density at radius 1 is 1.19 bits per heavy atom. The molecular weight excluding hydrogens is 442 g/mol. The number of anilines is 1. The van der Waals surface area contributed by atoms with E-state index in [0.29, 0.717) is 12.5 Å². The number of hydrogen-bond acceptors (Lipinski definition) is 5. The van der Waals surface area contributed by atoms with Crippen LogP contribution in [0.4, 0.5) is 5.13 Å². The van der Waals surface area contributed by atoms with Gasteiger partial charge in [-0.25, -0.2) is 4.98 Å². The number of nitrogens with zero attached hydrogens (tertiary/aromatic N) is 3. The first-order chi connectivity index (χ1) is 15.5. The molecule has 0 spiro atoms. The van der Waals surface area contributed by atoms with E-state index >= 15 is 0 Å². The highest BCUT2D eigenvalue weighted by molar-refractivity contribution is 7.22. The summed E-state index contributed by atoms with van der Waals surface area (Å²) in [7, 11) is 0. The van der Waals surface area contributed by atoms with Gasteiger partial charge < -0.3 is 4.74 Å². The second-order valence-electron chi connectivity index (χ2n) is 10.7. The Morgan fingerprint density at radius 2 is 1.84 bits per heavy atom. The van der Waals surface area contributed by atoms with Crippen LogP contribution in [0.25, 0.3) is 10.2 Å². The number of hydrogen-bond donors (Lipinski definition) is 0. The molecule has 4 saturated carbocycles. The lowest BCUT2D eigenvalue weighted by atomic mass is 9.49. The number of fused-ring (bicyclic) bond motifs is 1. The fraction of sp³-hybridized carbons (Fsp3) is 0.680. The zero-order valence-electron chi connectivity index (χ0n) is 18.8. The molecule has 1 aromatic heterocycles. The average Bonchev–Trinajstić information content (AvgIpc) is 3.17. The third kappa shape index (κ3) is 3.77. The number of carbonyl (C=O) groups excluding carboxylic acids is 1. The Morgan fingerprint density at radius 3 is 2.50 bits per heavy atom. The van der Waals surface area contributed by atoms with Gasteiger partial charge in [-0.05, 0) is 80.9 Å². The van der Waals surface area contributed by atoms with Crippen molar-refractivity contribution in [1.82, 2.24) is 9.88 Å². The summed E-state index contributed by atoms with van der Waals surface area (Å²) in [5, 5.41) is 1.58. The van der Waals surface area contributed by atoms with Crippen LogP contribution in [0.2, 0.25) is 5.02 Å². The molecule has 0 N–H and O–H groups in total. The third-order valence-electron chi connectivity index (χ3n) is 8.35. The van der Waals surface area contributed by atoms with Crippen molar-refractivity contribution in [2.45, 2.75) is 45.4 Å². The van der Waals surface area contributed by atoms with Gasteiger partial charge >= 0.3 is 0 Å². The van der Waals surface area contributed by atoms with Crippen molar-refractivity contribution in [1.29, 1.82) is 0 Å². The number of thiazole rings is 1. The van der Waals surface area contributed by atoms with Gasteiger partial charge in [0.1, 0.15) is 0 Å². The molecule has 1 aromatic carbocycles. The molecule has 2 heterocycles. The highest BCUT2D eigenvalue weighted by Crippen LogP contribution is 2.60. The zero-order valence-corrected chi connectivity index (χ0v) is 20.4. The summed E-state index contributed by atoms with van der Waals surface area (Å²) in [6, 6.07) is 3.95. The fourth-order valence-corrected chi connectivity index (χ4v) is 8.71. The Balaban J connectivity index is 1.33. The van der Waals surface area contributed by atoms with Gasteiger partial charge in [0.05, 0.1) is 28.8 Å². The van der Waals surface area contributed by atoms with Crippen LogP contribution < -0.4 is 4.90 Å². The van der Waals surface area contributed by atoms with E-state index in [1.165, 1.54) is 19.3 Å². The Hall–Kier alpha value is -1.21. The summed E-state index contributed by atoms with van der Waals surface area (Å²) in [5.41, 5.74) is 1.89. The van der Waals surface area contributed by atoms with Crippen molar-refractivity contribution in [3.8, 4) is 0 Å². The maximum absolute atomic E-state index is 14.3. The molecule has 7 heteroatoms. The van der Waals surface area contributed by atoms with Crippen molar-refractivity contribution in [3.63, 3.8) is 0 Å². The third-order valence-corrected chi connectivity index (χ3v) is 9.59. The van der Waals surface area contributed by atoms with Crippen molar-refractivity contribution < 1.29 is 9.53 Å². The van der Waals surface area contributed by atoms with Crippen LogP contribution in [0, 0.1) is 30.1 Å². The second-order valence-corrected chi connectivity index (χ2v) is 12.1. The molecule has 5 aliphatic rings. The van der Waals surface area contributed by atoms with Gasteiger partial charge in [0, 0.05) is 31.2 Å². The number of ether oxygens (including phenoxy) is 1. The quantitative estimate of drug-likeness (QED) is 0.603. The Kier molecular flexibility index (Phi) is 5.48. The van der Waals surface area contributed by atoms with Crippen molar-refractivity contribution in [2.75, 3.05) is 44.3 Å². The summed E-state index contributed by atoms with van der Waals surface area (Å²) in [5.74, 6) is 2.60. The van der Waals surface area contributed by atoms with Crippen LogP contribution >= 0.6 is 22.9 Å². The molecule has 1 saturated heterocycles. The summed E-state index contributed by atoms with van der Waals surface area (Å²) in [4.78, 5) is 23.8. The van der Waals surface area contributed by atoms with Crippen molar-refractivity contribution in [3.05, 3.63) is 22.7 Å². The monoisotopic (exact) mass is 473 g/mol. The summed E-state index contributed by atoms with van der Waals surface area (Å²) in [6.45, 7) is 7.06. The van der Waals surface area contributed by atoms with E-state index in [-0.39, 0.29) is 5.41 Å². The van der Waals surface area contributed by atoms with E-state index in [2.05, 4.69) is 16.7 Å². The van der Waals surface area contributed by atoms with Gasteiger partial charge in [-0.1, -0.05) is 22.9 Å². The normalized spacial score (nSPS) is 32.0. The summed E-state index contributed by atoms with van der Waals surface area (Å²) < 4.78 is 6.59. The van der Waals surface area contributed by atoms with Crippen LogP contribution in [0.3, 0.4) is 0 Å². The van der Waals surface area contributed by atoms with E-state index in [1.54, 1.807) is 11.3 Å². The number of aromatic nitrogens is 1. The first kappa shape index (κ1) is 21.3. The zero-order chi connectivity index (χ0) is 21.9. The first-order valence-electron chi connectivity index (χ1n) is 12.2. The van der Waals surface area contributed by atoms with E-state index in [0.717, 1.165) is 95.8 Å². The van der Waals surface area contributed by atoms with Crippen LogP contribution in [0.5, 0.6) is 0 Å². The van der Waals surface area contributed by atoms with E-state index in [9.17, 15) is 4.79 Å². The molecule has 0 atom stereocenters. The predicted molar refractivity (Wildman–Crippen MR) is 130 cm³/mol. The van der Waals surface area contributed by atoms with Crippen molar-refractivity contribution >= 4 is 44.2 Å². The molecule has 7 rings (SSSR count). The Labute approximate surface area is 199 Å². The minimum Gasteiger partial charge on any atom is -0.379 e. The van der Waals surface area contributed by atoms with Crippen molar-refractivity contribution in [2.24, 2.45) is 23.2 Å². The maximum atomic E-state index is 14.3. The summed E-state index contributed by atoms with van der Waals surface area (Å²) in [6.07, 6.45) is 7.29. The molecule has 1 amide bonds. The molecule has 4 bridgehead atoms. The predicted octanol–water partition coefficient (Wildman–Crippen LogP) is 5.14. The lowest BCUT2D eigenvalue weighted by molar-refractivity contribution is -0.143. The summed E-state index contributed by atoms with van der Waals surface area (Å²) >= 11 is 7.95. The lowest BCUT2D eigenvalue weighted by Gasteiger charge is -2.56. The van der Waals surface area contributed by atoms with Gasteiger partial charge in [0.15, 0.2) is 5.13 Å².